The number of nitro groups is 2. The molecule has 1 N–H and O–H groups in total. The molecule has 0 spiro atoms. The van der Waals surface area contributed by atoms with Gasteiger partial charge in [-0.2, -0.15) is 0 Å². The maximum absolute atomic E-state index is 11.9. The zero-order valence-electron chi connectivity index (χ0n) is 17.7. The summed E-state index contributed by atoms with van der Waals surface area (Å²) >= 11 is 0. The van der Waals surface area contributed by atoms with Crippen LogP contribution in [0.1, 0.15) is 5.56 Å². The molecule has 3 aromatic rings. The van der Waals surface area contributed by atoms with Crippen molar-refractivity contribution in [3.63, 3.8) is 0 Å². The fraction of sp³-hybridized carbons (Fsp3) is 0.368. The van der Waals surface area contributed by atoms with Crippen molar-refractivity contribution in [2.24, 2.45) is 0 Å². The van der Waals surface area contributed by atoms with Crippen LogP contribution in [0.25, 0.3) is 11.0 Å². The van der Waals surface area contributed by atoms with Gasteiger partial charge in [-0.25, -0.2) is 4.63 Å². The molecule has 0 saturated carbocycles. The molecule has 1 saturated heterocycles. The molecule has 1 fully saturated rings. The van der Waals surface area contributed by atoms with Crippen LogP contribution >= 0.6 is 0 Å². The summed E-state index contributed by atoms with van der Waals surface area (Å²) in [5.41, 5.74) is 1.82. The van der Waals surface area contributed by atoms with Gasteiger partial charge in [0.05, 0.1) is 22.6 Å². The van der Waals surface area contributed by atoms with Crippen LogP contribution in [-0.4, -0.2) is 65.4 Å². The minimum Gasteiger partial charge on any atom is -0.490 e. The van der Waals surface area contributed by atoms with Gasteiger partial charge in [0.15, 0.2) is 11.3 Å². The number of rotatable bonds is 6. The molecule has 13 nitrogen and oxygen atoms in total. The average molecular weight is 443 g/mol. The summed E-state index contributed by atoms with van der Waals surface area (Å²) < 4.78 is 10.00. The number of aryl methyl sites for hydroxylation is 1. The van der Waals surface area contributed by atoms with Gasteiger partial charge in [0, 0.05) is 44.0 Å². The summed E-state index contributed by atoms with van der Waals surface area (Å²) in [5, 5.41) is 34.0. The van der Waals surface area contributed by atoms with Crippen molar-refractivity contribution >= 4 is 39.5 Å². The van der Waals surface area contributed by atoms with E-state index in [-0.39, 0.29) is 28.2 Å². The fourth-order valence-corrected chi connectivity index (χ4v) is 3.74. The molecule has 1 aromatic heterocycles. The van der Waals surface area contributed by atoms with E-state index < -0.39 is 9.85 Å². The van der Waals surface area contributed by atoms with Gasteiger partial charge in [-0.3, -0.25) is 20.2 Å². The van der Waals surface area contributed by atoms with Gasteiger partial charge in [0.2, 0.25) is 5.52 Å². The van der Waals surface area contributed by atoms with Crippen molar-refractivity contribution < 1.29 is 19.2 Å². The predicted octanol–water partition coefficient (Wildman–Crippen LogP) is 2.85. The highest BCUT2D eigenvalue weighted by Gasteiger charge is 2.30. The van der Waals surface area contributed by atoms with Crippen LogP contribution in [0.2, 0.25) is 0 Å². The number of nitrogens with one attached hydrogen (secondary N) is 1. The summed E-state index contributed by atoms with van der Waals surface area (Å²) in [4.78, 5) is 26.3. The Morgan fingerprint density at radius 1 is 1.03 bits per heavy atom. The maximum atomic E-state index is 11.9. The molecule has 0 aliphatic carbocycles. The Bertz CT molecular complexity index is 1200. The van der Waals surface area contributed by atoms with Gasteiger partial charge in [0.25, 0.3) is 0 Å². The van der Waals surface area contributed by atoms with E-state index in [2.05, 4.69) is 20.5 Å². The molecule has 2 aromatic carbocycles. The third-order valence-electron chi connectivity index (χ3n) is 5.51. The van der Waals surface area contributed by atoms with E-state index in [1.807, 2.05) is 11.9 Å². The summed E-state index contributed by atoms with van der Waals surface area (Å²) in [7, 11) is 3.34. The van der Waals surface area contributed by atoms with E-state index in [1.165, 1.54) is 19.2 Å². The number of anilines is 3. The van der Waals surface area contributed by atoms with Gasteiger partial charge in [0.1, 0.15) is 5.69 Å². The maximum Gasteiger partial charge on any atom is 0.323 e. The quantitative estimate of drug-likeness (QED) is 0.442. The van der Waals surface area contributed by atoms with Gasteiger partial charge in [-0.1, -0.05) is 0 Å². The fourth-order valence-electron chi connectivity index (χ4n) is 3.74. The van der Waals surface area contributed by atoms with Crippen LogP contribution in [0, 0.1) is 27.2 Å². The van der Waals surface area contributed by atoms with E-state index in [0.717, 1.165) is 13.1 Å². The number of hydrogen-bond acceptors (Lipinski definition) is 11. The molecule has 2 heterocycles. The number of nitrogens with zero attached hydrogens (tertiary/aromatic N) is 6. The molecule has 0 unspecified atom stereocenters. The molecule has 0 bridgehead atoms. The zero-order chi connectivity index (χ0) is 23.0. The van der Waals surface area contributed by atoms with Gasteiger partial charge >= 0.3 is 11.4 Å². The first-order valence-corrected chi connectivity index (χ1v) is 9.77. The lowest BCUT2D eigenvalue weighted by Gasteiger charge is -2.33. The van der Waals surface area contributed by atoms with Crippen LogP contribution in [0.15, 0.2) is 22.8 Å². The summed E-state index contributed by atoms with van der Waals surface area (Å²) in [6.07, 6.45) is 0. The van der Waals surface area contributed by atoms with Crippen LogP contribution in [0.5, 0.6) is 5.75 Å². The lowest BCUT2D eigenvalue weighted by molar-refractivity contribution is -0.385. The Morgan fingerprint density at radius 2 is 1.72 bits per heavy atom. The van der Waals surface area contributed by atoms with E-state index >= 15 is 0 Å². The number of nitro benzene ring substituents is 2. The monoisotopic (exact) mass is 443 g/mol. The second-order valence-corrected chi connectivity index (χ2v) is 7.52. The molecule has 168 valence electrons. The largest absolute Gasteiger partial charge is 0.490 e. The molecule has 1 aliphatic heterocycles. The third-order valence-corrected chi connectivity index (χ3v) is 5.51. The molecular weight excluding hydrogens is 422 g/mol. The summed E-state index contributed by atoms with van der Waals surface area (Å²) in [6, 6.07) is 4.54. The standard InChI is InChI=1S/C19H21N7O6/c1-11-8-14(25(27)28)16(31-3)10-12(11)20-13-9-15(24-6-4-23(2)5-7-24)19(26(29)30)18-17(13)21-32-22-18/h8-10,20H,4-7H2,1-3H3. The van der Waals surface area contributed by atoms with E-state index in [9.17, 15) is 20.2 Å². The van der Waals surface area contributed by atoms with Gasteiger partial charge < -0.3 is 19.9 Å². The van der Waals surface area contributed by atoms with Crippen molar-refractivity contribution in [2.75, 3.05) is 50.6 Å². The first-order valence-electron chi connectivity index (χ1n) is 9.77. The molecule has 32 heavy (non-hydrogen) atoms. The highest BCUT2D eigenvalue weighted by atomic mass is 16.6. The Hall–Kier alpha value is -4.00. The van der Waals surface area contributed by atoms with Crippen molar-refractivity contribution in [1.82, 2.24) is 15.2 Å². The molecule has 0 atom stereocenters. The lowest BCUT2D eigenvalue weighted by Crippen LogP contribution is -2.44. The van der Waals surface area contributed by atoms with Crippen LogP contribution in [-0.2, 0) is 0 Å². The number of fused-ring (bicyclic) bond motifs is 1. The Balaban J connectivity index is 1.83. The van der Waals surface area contributed by atoms with E-state index in [4.69, 9.17) is 9.37 Å². The highest BCUT2D eigenvalue weighted by Crippen LogP contribution is 2.41. The lowest BCUT2D eigenvalue weighted by atomic mass is 10.1. The van der Waals surface area contributed by atoms with Crippen molar-refractivity contribution in [2.45, 2.75) is 6.92 Å². The SMILES string of the molecule is COc1cc(Nc2cc(N3CCN(C)CC3)c([N+](=O)[O-])c3nonc23)c(C)cc1[N+](=O)[O-]. The predicted molar refractivity (Wildman–Crippen MR) is 116 cm³/mol. The second-order valence-electron chi connectivity index (χ2n) is 7.52. The van der Waals surface area contributed by atoms with E-state index in [1.54, 1.807) is 13.0 Å². The minimum absolute atomic E-state index is 0.0282. The number of benzene rings is 2. The van der Waals surface area contributed by atoms with Gasteiger partial charge in [-0.05, 0) is 35.9 Å². The Morgan fingerprint density at radius 3 is 2.34 bits per heavy atom. The molecule has 4 rings (SSSR count). The molecule has 0 radical (unpaired) electrons. The summed E-state index contributed by atoms with van der Waals surface area (Å²) in [5.74, 6) is 0.0822. The zero-order valence-corrected chi connectivity index (χ0v) is 17.7. The average Bonchev–Trinajstić information content (AvgIpc) is 3.24. The molecular formula is C19H21N7O6. The van der Waals surface area contributed by atoms with Crippen LogP contribution in [0.4, 0.5) is 28.4 Å². The smallest absolute Gasteiger partial charge is 0.323 e. The third kappa shape index (κ3) is 3.73. The molecule has 1 aliphatic rings. The van der Waals surface area contributed by atoms with Gasteiger partial charge in [-0.15, -0.1) is 0 Å². The number of piperazine rings is 1. The second kappa shape index (κ2) is 8.26. The summed E-state index contributed by atoms with van der Waals surface area (Å²) in [6.45, 7) is 4.44. The number of hydrogen-bond donors (Lipinski definition) is 1. The molecule has 13 heteroatoms. The van der Waals surface area contributed by atoms with Crippen molar-refractivity contribution in [3.05, 3.63) is 44.0 Å². The number of likely N-dealkylation sites (N-methyl/N-ethyl adjacent to an activating group) is 1. The molecule has 0 amide bonds. The number of ether oxygens (including phenoxy) is 1. The van der Waals surface area contributed by atoms with E-state index in [0.29, 0.717) is 35.7 Å². The number of methoxy groups -OCH3 is 1. The van der Waals surface area contributed by atoms with Crippen molar-refractivity contribution in [1.29, 1.82) is 0 Å². The Labute approximate surface area is 181 Å². The highest BCUT2D eigenvalue weighted by molar-refractivity contribution is 6.01. The first-order chi connectivity index (χ1) is 15.3. The number of aromatic nitrogens is 2. The van der Waals surface area contributed by atoms with Crippen molar-refractivity contribution in [3.8, 4) is 5.75 Å². The first kappa shape index (κ1) is 21.2. The Kier molecular flexibility index (Phi) is 5.48. The topological polar surface area (TPSA) is 153 Å². The van der Waals surface area contributed by atoms with Crippen LogP contribution < -0.4 is 15.0 Å². The normalized spacial score (nSPS) is 14.5. The minimum atomic E-state index is -0.521. The van der Waals surface area contributed by atoms with Crippen LogP contribution in [0.3, 0.4) is 0 Å².